The van der Waals surface area contributed by atoms with Gasteiger partial charge in [-0.25, -0.2) is 0 Å². The summed E-state index contributed by atoms with van der Waals surface area (Å²) in [6, 6.07) is 0. The van der Waals surface area contributed by atoms with Crippen molar-refractivity contribution in [2.24, 2.45) is 0 Å². The van der Waals surface area contributed by atoms with E-state index in [1.54, 1.807) is 13.8 Å². The van der Waals surface area contributed by atoms with Gasteiger partial charge in [-0.05, 0) is 26.1 Å². The molecule has 3 fully saturated rings. The summed E-state index contributed by atoms with van der Waals surface area (Å²) in [5, 5.41) is 13.5. The molecule has 0 amide bonds. The first kappa shape index (κ1) is 12.6. The highest BCUT2D eigenvalue weighted by molar-refractivity contribution is 7.80. The van der Waals surface area contributed by atoms with Crippen LogP contribution in [0.3, 0.4) is 0 Å². The van der Waals surface area contributed by atoms with Crippen molar-refractivity contribution in [1.82, 2.24) is 5.32 Å². The molecule has 2 N–H and O–H groups in total. The van der Waals surface area contributed by atoms with E-state index < -0.39 is 30.4 Å². The summed E-state index contributed by atoms with van der Waals surface area (Å²) in [6.45, 7) is 4.32. The fourth-order valence-corrected chi connectivity index (χ4v) is 2.84. The van der Waals surface area contributed by atoms with Gasteiger partial charge in [-0.15, -0.1) is 0 Å². The van der Waals surface area contributed by atoms with E-state index in [9.17, 15) is 5.11 Å². The van der Waals surface area contributed by atoms with Crippen molar-refractivity contribution in [3.8, 4) is 0 Å². The molecule has 3 heterocycles. The van der Waals surface area contributed by atoms with Gasteiger partial charge in [0.2, 0.25) is 0 Å². The Labute approximate surface area is 111 Å². The maximum Gasteiger partial charge on any atom is 0.257 e. The summed E-state index contributed by atoms with van der Waals surface area (Å²) in [7, 11) is 0. The minimum absolute atomic E-state index is 0.255. The minimum atomic E-state index is -0.761. The SMILES string of the molecule is CC1(C)O[C@H]2O[C@H](C3CCNC(=S)O3)[C@H](O)[C@H]2O1. The highest BCUT2D eigenvalue weighted by atomic mass is 32.1. The van der Waals surface area contributed by atoms with Crippen LogP contribution >= 0.6 is 12.2 Å². The number of thiocarbonyl (C=S) groups is 1. The van der Waals surface area contributed by atoms with Crippen LogP contribution < -0.4 is 5.32 Å². The molecular weight excluding hydrogens is 258 g/mol. The third-order valence-electron chi connectivity index (χ3n) is 3.38. The van der Waals surface area contributed by atoms with Crippen molar-refractivity contribution in [2.45, 2.75) is 56.8 Å². The smallest absolute Gasteiger partial charge is 0.257 e. The summed E-state index contributed by atoms with van der Waals surface area (Å²) < 4.78 is 22.4. The molecule has 0 aromatic carbocycles. The quantitative estimate of drug-likeness (QED) is 0.647. The van der Waals surface area contributed by atoms with E-state index >= 15 is 0 Å². The number of aliphatic hydroxyl groups excluding tert-OH is 1. The third kappa shape index (κ3) is 2.10. The molecule has 5 atom stereocenters. The summed E-state index contributed by atoms with van der Waals surface area (Å²) in [6.07, 6.45) is -1.75. The number of nitrogens with one attached hydrogen (secondary N) is 1. The normalized spacial score (nSPS) is 46.4. The molecule has 1 unspecified atom stereocenters. The van der Waals surface area contributed by atoms with Gasteiger partial charge < -0.3 is 29.4 Å². The first-order valence-electron chi connectivity index (χ1n) is 6.10. The minimum Gasteiger partial charge on any atom is -0.465 e. The van der Waals surface area contributed by atoms with E-state index in [1.807, 2.05) is 0 Å². The van der Waals surface area contributed by atoms with Gasteiger partial charge in [-0.3, -0.25) is 0 Å². The fraction of sp³-hybridized carbons (Fsp3) is 0.909. The second-order valence-corrected chi connectivity index (χ2v) is 5.59. The number of hydrogen-bond donors (Lipinski definition) is 2. The Bertz CT molecular complexity index is 363. The van der Waals surface area contributed by atoms with Crippen molar-refractivity contribution in [3.63, 3.8) is 0 Å². The van der Waals surface area contributed by atoms with Crippen LogP contribution in [-0.4, -0.2) is 53.3 Å². The molecule has 0 spiro atoms. The molecule has 3 aliphatic rings. The van der Waals surface area contributed by atoms with E-state index in [2.05, 4.69) is 5.32 Å². The predicted molar refractivity (Wildman–Crippen MR) is 64.8 cm³/mol. The van der Waals surface area contributed by atoms with E-state index in [4.69, 9.17) is 31.2 Å². The largest absolute Gasteiger partial charge is 0.465 e. The predicted octanol–water partition coefficient (Wildman–Crippen LogP) is -0.113. The Morgan fingerprint density at radius 2 is 2.11 bits per heavy atom. The zero-order chi connectivity index (χ0) is 12.9. The highest BCUT2D eigenvalue weighted by Crippen LogP contribution is 2.39. The third-order valence-corrected chi connectivity index (χ3v) is 3.62. The zero-order valence-corrected chi connectivity index (χ0v) is 11.1. The van der Waals surface area contributed by atoms with Gasteiger partial charge in [0.05, 0.1) is 0 Å². The summed E-state index contributed by atoms with van der Waals surface area (Å²) in [4.78, 5) is 0. The van der Waals surface area contributed by atoms with Crippen LogP contribution in [-0.2, 0) is 18.9 Å². The van der Waals surface area contributed by atoms with Gasteiger partial charge in [-0.2, -0.15) is 0 Å². The first-order chi connectivity index (χ1) is 8.46. The summed E-state index contributed by atoms with van der Waals surface area (Å²) in [5.74, 6) is -0.717. The van der Waals surface area contributed by atoms with Gasteiger partial charge >= 0.3 is 0 Å². The average molecular weight is 275 g/mol. The molecule has 0 aromatic rings. The number of fused-ring (bicyclic) bond motifs is 1. The molecule has 3 saturated heterocycles. The molecule has 7 heteroatoms. The Hall–Kier alpha value is -0.470. The lowest BCUT2D eigenvalue weighted by molar-refractivity contribution is -0.225. The number of hydrogen-bond acceptors (Lipinski definition) is 6. The van der Waals surface area contributed by atoms with E-state index in [-0.39, 0.29) is 6.10 Å². The topological polar surface area (TPSA) is 69.2 Å². The molecule has 102 valence electrons. The van der Waals surface area contributed by atoms with Gasteiger partial charge in [0.1, 0.15) is 24.4 Å². The molecule has 0 aliphatic carbocycles. The molecule has 0 aromatic heterocycles. The van der Waals surface area contributed by atoms with Crippen LogP contribution in [0.2, 0.25) is 0 Å². The zero-order valence-electron chi connectivity index (χ0n) is 10.3. The average Bonchev–Trinajstić information content (AvgIpc) is 2.73. The molecule has 6 nitrogen and oxygen atoms in total. The summed E-state index contributed by atoms with van der Waals surface area (Å²) in [5.41, 5.74) is 0. The van der Waals surface area contributed by atoms with Crippen LogP contribution in [0, 0.1) is 0 Å². The maximum absolute atomic E-state index is 10.3. The van der Waals surface area contributed by atoms with Crippen molar-refractivity contribution in [3.05, 3.63) is 0 Å². The highest BCUT2D eigenvalue weighted by Gasteiger charge is 2.56. The van der Waals surface area contributed by atoms with Gasteiger partial charge in [0.25, 0.3) is 5.17 Å². The van der Waals surface area contributed by atoms with Crippen LogP contribution in [0.1, 0.15) is 20.3 Å². The molecule has 18 heavy (non-hydrogen) atoms. The molecule has 0 saturated carbocycles. The first-order valence-corrected chi connectivity index (χ1v) is 6.51. The Kier molecular flexibility index (Phi) is 2.98. The Morgan fingerprint density at radius 3 is 2.78 bits per heavy atom. The van der Waals surface area contributed by atoms with E-state index in [1.165, 1.54) is 0 Å². The van der Waals surface area contributed by atoms with E-state index in [0.29, 0.717) is 5.17 Å². The van der Waals surface area contributed by atoms with Gasteiger partial charge in [-0.1, -0.05) is 0 Å². The van der Waals surface area contributed by atoms with Crippen molar-refractivity contribution in [2.75, 3.05) is 6.54 Å². The molecule has 3 aliphatic heterocycles. The molecule has 0 bridgehead atoms. The fourth-order valence-electron chi connectivity index (χ4n) is 2.61. The Balaban J connectivity index is 1.69. The van der Waals surface area contributed by atoms with Crippen LogP contribution in [0.15, 0.2) is 0 Å². The van der Waals surface area contributed by atoms with E-state index in [0.717, 1.165) is 13.0 Å². The molecular formula is C11H17NO5S. The van der Waals surface area contributed by atoms with Crippen molar-refractivity contribution >= 4 is 17.4 Å². The van der Waals surface area contributed by atoms with Crippen molar-refractivity contribution in [1.29, 1.82) is 0 Å². The standard InChI is InChI=1S/C11H17NO5S/c1-11(2)16-8-6(13)7(15-9(8)17-11)5-3-4-12-10(18)14-5/h5-9,13H,3-4H2,1-2H3,(H,12,18)/t5?,6-,7+,8+,9+/m0/s1. The monoisotopic (exact) mass is 275 g/mol. The summed E-state index contributed by atoms with van der Waals surface area (Å²) >= 11 is 4.96. The number of aliphatic hydroxyl groups is 1. The lowest BCUT2D eigenvalue weighted by Gasteiger charge is -2.32. The van der Waals surface area contributed by atoms with Gasteiger partial charge in [0.15, 0.2) is 12.1 Å². The second-order valence-electron chi connectivity index (χ2n) is 5.22. The Morgan fingerprint density at radius 1 is 1.33 bits per heavy atom. The lowest BCUT2D eigenvalue weighted by Crippen LogP contribution is -2.48. The lowest BCUT2D eigenvalue weighted by atomic mass is 10.0. The van der Waals surface area contributed by atoms with Crippen LogP contribution in [0.5, 0.6) is 0 Å². The molecule has 3 rings (SSSR count). The van der Waals surface area contributed by atoms with Crippen LogP contribution in [0.4, 0.5) is 0 Å². The van der Waals surface area contributed by atoms with Crippen molar-refractivity contribution < 1.29 is 24.1 Å². The second kappa shape index (κ2) is 4.28. The van der Waals surface area contributed by atoms with Crippen LogP contribution in [0.25, 0.3) is 0 Å². The molecule has 0 radical (unpaired) electrons. The number of rotatable bonds is 1. The number of ether oxygens (including phenoxy) is 4. The van der Waals surface area contributed by atoms with Gasteiger partial charge in [0, 0.05) is 13.0 Å². The maximum atomic E-state index is 10.3.